The van der Waals surface area contributed by atoms with Crippen LogP contribution in [0.25, 0.3) is 0 Å². The molecule has 0 amide bonds. The van der Waals surface area contributed by atoms with E-state index in [4.69, 9.17) is 9.47 Å². The molecule has 1 aliphatic heterocycles. The highest BCUT2D eigenvalue weighted by Crippen LogP contribution is 2.25. The number of ketones is 1. The number of Topliss-reactive ketones (excluding diaryl/α,β-unsaturated/α-hetero) is 1. The van der Waals surface area contributed by atoms with Crippen LogP contribution in [0.5, 0.6) is 5.75 Å². The highest BCUT2D eigenvalue weighted by molar-refractivity contribution is 5.97. The van der Waals surface area contributed by atoms with E-state index in [9.17, 15) is 14.9 Å². The minimum absolute atomic E-state index is 0.110. The van der Waals surface area contributed by atoms with Crippen LogP contribution in [0.4, 0.5) is 5.69 Å². The standard InChI is InChI=1S/C14H17NO5/c1-10(16)13-9-11(15(17)18)4-5-14(13)20-8-6-12-3-2-7-19-12/h4-5,9,12H,2-3,6-8H2,1H3. The molecule has 0 N–H and O–H groups in total. The van der Waals surface area contributed by atoms with Gasteiger partial charge < -0.3 is 9.47 Å². The van der Waals surface area contributed by atoms with Crippen molar-refractivity contribution in [1.82, 2.24) is 0 Å². The Morgan fingerprint density at radius 2 is 2.35 bits per heavy atom. The molecule has 0 aliphatic carbocycles. The van der Waals surface area contributed by atoms with Crippen LogP contribution in [0.1, 0.15) is 36.5 Å². The van der Waals surface area contributed by atoms with Crippen molar-refractivity contribution in [3.05, 3.63) is 33.9 Å². The normalized spacial score (nSPS) is 17.9. The lowest BCUT2D eigenvalue weighted by atomic mass is 10.1. The summed E-state index contributed by atoms with van der Waals surface area (Å²) in [5.74, 6) is 0.141. The summed E-state index contributed by atoms with van der Waals surface area (Å²) in [4.78, 5) is 21.7. The van der Waals surface area contributed by atoms with Crippen LogP contribution in [0, 0.1) is 10.1 Å². The van der Waals surface area contributed by atoms with Gasteiger partial charge in [-0.15, -0.1) is 0 Å². The van der Waals surface area contributed by atoms with E-state index in [1.165, 1.54) is 25.1 Å². The monoisotopic (exact) mass is 279 g/mol. The molecule has 1 atom stereocenters. The molecule has 6 nitrogen and oxygen atoms in total. The topological polar surface area (TPSA) is 78.7 Å². The summed E-state index contributed by atoms with van der Waals surface area (Å²) in [6.45, 7) is 2.59. The van der Waals surface area contributed by atoms with Crippen LogP contribution < -0.4 is 4.74 Å². The predicted octanol–water partition coefficient (Wildman–Crippen LogP) is 2.75. The number of hydrogen-bond acceptors (Lipinski definition) is 5. The number of benzene rings is 1. The maximum Gasteiger partial charge on any atom is 0.270 e. The Morgan fingerprint density at radius 3 is 2.95 bits per heavy atom. The summed E-state index contributed by atoms with van der Waals surface area (Å²) in [5, 5.41) is 10.7. The van der Waals surface area contributed by atoms with Crippen molar-refractivity contribution in [2.24, 2.45) is 0 Å². The maximum atomic E-state index is 11.5. The second kappa shape index (κ2) is 6.47. The number of rotatable bonds is 6. The fraction of sp³-hybridized carbons (Fsp3) is 0.500. The molecule has 1 aliphatic rings. The third-order valence-electron chi connectivity index (χ3n) is 3.27. The molecule has 1 aromatic rings. The van der Waals surface area contributed by atoms with Crippen molar-refractivity contribution >= 4 is 11.5 Å². The lowest BCUT2D eigenvalue weighted by Gasteiger charge is -2.12. The molecular formula is C14H17NO5. The maximum absolute atomic E-state index is 11.5. The summed E-state index contributed by atoms with van der Waals surface area (Å²) in [5.41, 5.74) is 0.133. The molecule has 6 heteroatoms. The van der Waals surface area contributed by atoms with E-state index < -0.39 is 4.92 Å². The van der Waals surface area contributed by atoms with Crippen LogP contribution in [-0.2, 0) is 4.74 Å². The SMILES string of the molecule is CC(=O)c1cc([N+](=O)[O-])ccc1OCCC1CCCO1. The Balaban J connectivity index is 2.02. The Bertz CT molecular complexity index is 508. The zero-order valence-electron chi connectivity index (χ0n) is 11.3. The highest BCUT2D eigenvalue weighted by atomic mass is 16.6. The molecule has 0 saturated carbocycles. The number of carbonyl (C=O) groups excluding carboxylic acids is 1. The van der Waals surface area contributed by atoms with Gasteiger partial charge in [0.05, 0.1) is 23.2 Å². The molecule has 0 radical (unpaired) electrons. The lowest BCUT2D eigenvalue weighted by molar-refractivity contribution is -0.384. The van der Waals surface area contributed by atoms with E-state index in [-0.39, 0.29) is 23.1 Å². The Hall–Kier alpha value is -1.95. The van der Waals surface area contributed by atoms with E-state index in [0.717, 1.165) is 25.9 Å². The number of carbonyl (C=O) groups is 1. The molecule has 1 saturated heterocycles. The molecule has 0 aromatic heterocycles. The van der Waals surface area contributed by atoms with E-state index in [1.807, 2.05) is 0 Å². The molecule has 0 bridgehead atoms. The lowest BCUT2D eigenvalue weighted by Crippen LogP contribution is -2.12. The van der Waals surface area contributed by atoms with Gasteiger partial charge in [-0.05, 0) is 25.8 Å². The fourth-order valence-corrected chi connectivity index (χ4v) is 2.20. The third kappa shape index (κ3) is 3.54. The Morgan fingerprint density at radius 1 is 1.55 bits per heavy atom. The van der Waals surface area contributed by atoms with Gasteiger partial charge in [-0.2, -0.15) is 0 Å². The summed E-state index contributed by atoms with van der Waals surface area (Å²) < 4.78 is 11.1. The second-order valence-electron chi connectivity index (χ2n) is 4.77. The van der Waals surface area contributed by atoms with Crippen LogP contribution in [-0.4, -0.2) is 30.0 Å². The van der Waals surface area contributed by atoms with Crippen LogP contribution in [0.15, 0.2) is 18.2 Å². The average Bonchev–Trinajstić information content (AvgIpc) is 2.91. The first kappa shape index (κ1) is 14.5. The molecule has 1 unspecified atom stereocenters. The second-order valence-corrected chi connectivity index (χ2v) is 4.77. The summed E-state index contributed by atoms with van der Waals surface area (Å²) in [6, 6.07) is 4.07. The summed E-state index contributed by atoms with van der Waals surface area (Å²) >= 11 is 0. The summed E-state index contributed by atoms with van der Waals surface area (Å²) in [6.07, 6.45) is 3.08. The van der Waals surface area contributed by atoms with Crippen molar-refractivity contribution in [3.63, 3.8) is 0 Å². The van der Waals surface area contributed by atoms with Crippen molar-refractivity contribution in [1.29, 1.82) is 0 Å². The smallest absolute Gasteiger partial charge is 0.270 e. The average molecular weight is 279 g/mol. The van der Waals surface area contributed by atoms with Crippen LogP contribution in [0.3, 0.4) is 0 Å². The van der Waals surface area contributed by atoms with Crippen molar-refractivity contribution in [3.8, 4) is 5.75 Å². The number of ether oxygens (including phenoxy) is 2. The van der Waals surface area contributed by atoms with Crippen LogP contribution >= 0.6 is 0 Å². The fourth-order valence-electron chi connectivity index (χ4n) is 2.20. The minimum atomic E-state index is -0.525. The molecule has 1 aromatic carbocycles. The number of nitrogens with zero attached hydrogens (tertiary/aromatic N) is 1. The van der Waals surface area contributed by atoms with Gasteiger partial charge in [0.1, 0.15) is 5.75 Å². The first-order valence-electron chi connectivity index (χ1n) is 6.61. The van der Waals surface area contributed by atoms with Gasteiger partial charge in [0.25, 0.3) is 5.69 Å². The van der Waals surface area contributed by atoms with E-state index in [2.05, 4.69) is 0 Å². The molecular weight excluding hydrogens is 262 g/mol. The molecule has 108 valence electrons. The molecule has 1 fully saturated rings. The van der Waals surface area contributed by atoms with Crippen molar-refractivity contribution in [2.75, 3.05) is 13.2 Å². The largest absolute Gasteiger partial charge is 0.493 e. The van der Waals surface area contributed by atoms with Gasteiger partial charge in [-0.3, -0.25) is 14.9 Å². The molecule has 20 heavy (non-hydrogen) atoms. The zero-order valence-corrected chi connectivity index (χ0v) is 11.3. The van der Waals surface area contributed by atoms with E-state index >= 15 is 0 Å². The van der Waals surface area contributed by atoms with E-state index in [0.29, 0.717) is 12.4 Å². The first-order chi connectivity index (χ1) is 9.58. The Labute approximate surface area is 116 Å². The van der Waals surface area contributed by atoms with Crippen molar-refractivity contribution in [2.45, 2.75) is 32.3 Å². The molecule has 1 heterocycles. The van der Waals surface area contributed by atoms with Crippen LogP contribution in [0.2, 0.25) is 0 Å². The van der Waals surface area contributed by atoms with Gasteiger partial charge in [0.15, 0.2) is 5.78 Å². The quantitative estimate of drug-likeness (QED) is 0.454. The van der Waals surface area contributed by atoms with Gasteiger partial charge in [-0.25, -0.2) is 0 Å². The van der Waals surface area contributed by atoms with Gasteiger partial charge in [0.2, 0.25) is 0 Å². The number of nitro groups is 1. The summed E-state index contributed by atoms with van der Waals surface area (Å²) in [7, 11) is 0. The Kier molecular flexibility index (Phi) is 4.68. The van der Waals surface area contributed by atoms with E-state index in [1.54, 1.807) is 0 Å². The van der Waals surface area contributed by atoms with Gasteiger partial charge in [-0.1, -0.05) is 0 Å². The minimum Gasteiger partial charge on any atom is -0.493 e. The van der Waals surface area contributed by atoms with Gasteiger partial charge in [0, 0.05) is 25.2 Å². The zero-order chi connectivity index (χ0) is 14.5. The predicted molar refractivity (Wildman–Crippen MR) is 72.2 cm³/mol. The molecule has 2 rings (SSSR count). The highest BCUT2D eigenvalue weighted by Gasteiger charge is 2.17. The molecule has 0 spiro atoms. The third-order valence-corrected chi connectivity index (χ3v) is 3.27. The van der Waals surface area contributed by atoms with Gasteiger partial charge >= 0.3 is 0 Å². The number of non-ortho nitro benzene ring substituents is 1. The van der Waals surface area contributed by atoms with Crippen molar-refractivity contribution < 1.29 is 19.2 Å². The number of hydrogen-bond donors (Lipinski definition) is 0. The first-order valence-corrected chi connectivity index (χ1v) is 6.61. The number of nitro benzene ring substituents is 1.